The minimum absolute atomic E-state index is 0.630. The average Bonchev–Trinajstić information content (AvgIpc) is 2.74. The molecule has 0 aliphatic carbocycles. The highest BCUT2D eigenvalue weighted by Gasteiger charge is 2.03. The number of likely N-dealkylation sites (N-methyl/N-ethyl adjacent to an activating group) is 1. The topological polar surface area (TPSA) is 75.8 Å². The molecule has 0 fully saturated rings. The molecule has 1 aromatic carbocycles. The number of hydrogen-bond acceptors (Lipinski definition) is 7. The van der Waals surface area contributed by atoms with Gasteiger partial charge in [0.25, 0.3) is 0 Å². The summed E-state index contributed by atoms with van der Waals surface area (Å²) in [6.45, 7) is 8.67. The Bertz CT molecular complexity index is 790. The summed E-state index contributed by atoms with van der Waals surface area (Å²) in [5, 5.41) is 4.37. The van der Waals surface area contributed by atoms with E-state index in [0.717, 1.165) is 34.3 Å². The van der Waals surface area contributed by atoms with Gasteiger partial charge in [0.15, 0.2) is 0 Å². The maximum atomic E-state index is 5.92. The highest BCUT2D eigenvalue weighted by molar-refractivity contribution is 7.99. The fraction of sp³-hybridized carbons (Fsp3) is 0.304. The molecule has 3 N–H and O–H groups in total. The zero-order chi connectivity index (χ0) is 22.8. The molecule has 0 unspecified atom stereocenters. The summed E-state index contributed by atoms with van der Waals surface area (Å²) in [4.78, 5) is 7.46. The van der Waals surface area contributed by atoms with Gasteiger partial charge in [0.05, 0.1) is 17.3 Å². The van der Waals surface area contributed by atoms with Gasteiger partial charge >= 0.3 is 0 Å². The minimum Gasteiger partial charge on any atom is -0.492 e. The molecule has 30 heavy (non-hydrogen) atoms. The summed E-state index contributed by atoms with van der Waals surface area (Å²) in [6.07, 6.45) is 11.5. The fourth-order valence-electron chi connectivity index (χ4n) is 1.98. The molecule has 1 aromatic heterocycles. The number of hydrogen-bond donors (Lipinski definition) is 2. The van der Waals surface area contributed by atoms with Crippen molar-refractivity contribution in [3.8, 4) is 18.6 Å². The minimum atomic E-state index is 0.630. The molecule has 0 spiro atoms. The molecule has 2 rings (SSSR count). The van der Waals surface area contributed by atoms with Crippen molar-refractivity contribution in [2.45, 2.75) is 18.7 Å². The standard InChI is InChI=1S/C18H25N5OS.C3H6.C2H2/c1-14(22-21-13-25-18-7-5-4-6-16(18)19)17-12-15(8-9-20-17)24-11-10-23(2)3;1-3-2;1-2/h4-9,12,21H,10-11,13,19H2,1-3H3;3H,1H2,2H3;1-2H/b22-14+;;. The molecule has 7 heteroatoms. The number of rotatable bonds is 9. The quantitative estimate of drug-likeness (QED) is 0.0917. The van der Waals surface area contributed by atoms with Crippen molar-refractivity contribution in [3.63, 3.8) is 0 Å². The van der Waals surface area contributed by atoms with Crippen LogP contribution in [-0.2, 0) is 0 Å². The second-order valence-electron chi connectivity index (χ2n) is 6.12. The number of aromatic nitrogens is 1. The van der Waals surface area contributed by atoms with E-state index in [4.69, 9.17) is 10.5 Å². The first kappa shape index (κ1) is 27.0. The molecule has 0 radical (unpaired) electrons. The lowest BCUT2D eigenvalue weighted by molar-refractivity contribution is 0.261. The van der Waals surface area contributed by atoms with Crippen molar-refractivity contribution in [3.05, 3.63) is 60.9 Å². The first-order valence-electron chi connectivity index (χ1n) is 9.36. The van der Waals surface area contributed by atoms with Gasteiger partial charge in [0, 0.05) is 29.4 Å². The average molecular weight is 428 g/mol. The van der Waals surface area contributed by atoms with Gasteiger partial charge in [-0.1, -0.05) is 18.2 Å². The Morgan fingerprint density at radius 1 is 1.33 bits per heavy atom. The molecule has 0 aliphatic heterocycles. The van der Waals surface area contributed by atoms with Crippen molar-refractivity contribution < 1.29 is 4.74 Å². The Hall–Kier alpha value is -2.95. The molecule has 0 saturated heterocycles. The van der Waals surface area contributed by atoms with Crippen LogP contribution in [0.1, 0.15) is 19.5 Å². The van der Waals surface area contributed by atoms with Crippen LogP contribution < -0.4 is 15.9 Å². The lowest BCUT2D eigenvalue weighted by atomic mass is 10.2. The molecule has 2 aromatic rings. The van der Waals surface area contributed by atoms with Crippen LogP contribution in [0.3, 0.4) is 0 Å². The molecule has 0 atom stereocenters. The van der Waals surface area contributed by atoms with Gasteiger partial charge in [-0.25, -0.2) is 0 Å². The van der Waals surface area contributed by atoms with Crippen molar-refractivity contribution in [2.24, 2.45) is 5.10 Å². The number of ether oxygens (including phenoxy) is 1. The highest BCUT2D eigenvalue weighted by atomic mass is 32.2. The maximum Gasteiger partial charge on any atom is 0.123 e. The van der Waals surface area contributed by atoms with E-state index in [1.807, 2.05) is 64.3 Å². The van der Waals surface area contributed by atoms with Crippen LogP contribution in [0.2, 0.25) is 0 Å². The second-order valence-corrected chi connectivity index (χ2v) is 7.14. The van der Waals surface area contributed by atoms with Crippen LogP contribution in [-0.4, -0.2) is 48.7 Å². The first-order chi connectivity index (χ1) is 14.5. The second kappa shape index (κ2) is 17.0. The number of anilines is 1. The normalized spacial score (nSPS) is 10.2. The zero-order valence-electron chi connectivity index (χ0n) is 18.3. The van der Waals surface area contributed by atoms with E-state index in [1.165, 1.54) is 0 Å². The number of thioether (sulfide) groups is 1. The number of nitrogen functional groups attached to an aromatic ring is 1. The van der Waals surface area contributed by atoms with Crippen LogP contribution in [0.25, 0.3) is 0 Å². The van der Waals surface area contributed by atoms with Gasteiger partial charge in [0.1, 0.15) is 12.4 Å². The zero-order valence-corrected chi connectivity index (χ0v) is 19.2. The molecule has 0 bridgehead atoms. The maximum absolute atomic E-state index is 5.92. The summed E-state index contributed by atoms with van der Waals surface area (Å²) in [7, 11) is 4.04. The predicted octanol–water partition coefficient (Wildman–Crippen LogP) is 4.11. The number of hydrazone groups is 1. The van der Waals surface area contributed by atoms with E-state index < -0.39 is 0 Å². The fourth-order valence-corrected chi connectivity index (χ4v) is 2.67. The van der Waals surface area contributed by atoms with Crippen LogP contribution in [0.5, 0.6) is 5.75 Å². The monoisotopic (exact) mass is 427 g/mol. The van der Waals surface area contributed by atoms with Crippen LogP contribution in [0.15, 0.2) is 65.2 Å². The largest absolute Gasteiger partial charge is 0.492 e. The smallest absolute Gasteiger partial charge is 0.123 e. The van der Waals surface area contributed by atoms with Crippen molar-refractivity contribution in [1.29, 1.82) is 0 Å². The van der Waals surface area contributed by atoms with Gasteiger partial charge in [0.2, 0.25) is 0 Å². The number of terminal acetylenes is 1. The number of nitrogens with zero attached hydrogens (tertiary/aromatic N) is 3. The van der Waals surface area contributed by atoms with Crippen molar-refractivity contribution >= 4 is 23.2 Å². The van der Waals surface area contributed by atoms with E-state index in [2.05, 4.69) is 39.8 Å². The van der Waals surface area contributed by atoms with E-state index in [-0.39, 0.29) is 0 Å². The van der Waals surface area contributed by atoms with E-state index >= 15 is 0 Å². The third-order valence-corrected chi connectivity index (χ3v) is 4.32. The number of benzene rings is 1. The molecular formula is C23H33N5OS. The lowest BCUT2D eigenvalue weighted by Gasteiger charge is -2.11. The van der Waals surface area contributed by atoms with Gasteiger partial charge < -0.3 is 15.4 Å². The Morgan fingerprint density at radius 2 is 2.00 bits per heavy atom. The summed E-state index contributed by atoms with van der Waals surface area (Å²) in [5.41, 5.74) is 11.3. The number of nitrogens with one attached hydrogen (secondary N) is 1. The first-order valence-corrected chi connectivity index (χ1v) is 10.3. The number of allylic oxidation sites excluding steroid dienone is 1. The number of nitrogens with two attached hydrogens (primary N) is 1. The summed E-state index contributed by atoms with van der Waals surface area (Å²) in [6, 6.07) is 11.5. The SMILES string of the molecule is C#C.C/C(=N\NCSc1ccccc1N)c1cc(OCCN(C)C)ccn1.C=CC. The van der Waals surface area contributed by atoms with E-state index in [9.17, 15) is 0 Å². The van der Waals surface area contributed by atoms with Crippen LogP contribution in [0.4, 0.5) is 5.69 Å². The molecular weight excluding hydrogens is 394 g/mol. The predicted molar refractivity (Wildman–Crippen MR) is 131 cm³/mol. The number of para-hydroxylation sites is 1. The van der Waals surface area contributed by atoms with Crippen LogP contribution >= 0.6 is 11.8 Å². The molecule has 0 saturated carbocycles. The van der Waals surface area contributed by atoms with E-state index in [0.29, 0.717) is 12.5 Å². The summed E-state index contributed by atoms with van der Waals surface area (Å²) >= 11 is 1.61. The Balaban J connectivity index is 0.00000154. The highest BCUT2D eigenvalue weighted by Crippen LogP contribution is 2.23. The Morgan fingerprint density at radius 3 is 2.63 bits per heavy atom. The van der Waals surface area contributed by atoms with Gasteiger partial charge in [-0.3, -0.25) is 10.4 Å². The van der Waals surface area contributed by atoms with Gasteiger partial charge in [-0.2, -0.15) is 5.10 Å². The third kappa shape index (κ3) is 11.8. The molecule has 0 aliphatic rings. The van der Waals surface area contributed by atoms with E-state index in [1.54, 1.807) is 24.0 Å². The third-order valence-electron chi connectivity index (χ3n) is 3.37. The lowest BCUT2D eigenvalue weighted by Crippen LogP contribution is -2.19. The molecule has 1 heterocycles. The Labute approximate surface area is 185 Å². The van der Waals surface area contributed by atoms with Gasteiger partial charge in [-0.05, 0) is 46.1 Å². The van der Waals surface area contributed by atoms with Gasteiger partial charge in [-0.15, -0.1) is 31.2 Å². The van der Waals surface area contributed by atoms with Crippen molar-refractivity contribution in [1.82, 2.24) is 15.3 Å². The summed E-state index contributed by atoms with van der Waals surface area (Å²) < 4.78 is 5.73. The summed E-state index contributed by atoms with van der Waals surface area (Å²) in [5.74, 6) is 1.43. The molecule has 162 valence electrons. The van der Waals surface area contributed by atoms with Crippen LogP contribution in [0, 0.1) is 12.8 Å². The number of pyridine rings is 1. The molecule has 6 nitrogen and oxygen atoms in total. The van der Waals surface area contributed by atoms with Crippen molar-refractivity contribution in [2.75, 3.05) is 38.9 Å². The molecule has 0 amide bonds. The Kier molecular flexibility index (Phi) is 15.3.